The molecule has 0 saturated heterocycles. The van der Waals surface area contributed by atoms with Gasteiger partial charge in [-0.05, 0) is 0 Å². The van der Waals surface area contributed by atoms with E-state index in [1.807, 2.05) is 0 Å². The molecule has 8 heteroatoms. The molecule has 0 heterocycles. The second-order valence-electron chi connectivity index (χ2n) is 2.47. The van der Waals surface area contributed by atoms with E-state index in [2.05, 4.69) is 0 Å². The minimum absolute atomic E-state index is 2.63. The van der Waals surface area contributed by atoms with Gasteiger partial charge in [-0.2, -0.15) is 17.6 Å². The molecule has 0 aromatic carbocycles. The summed E-state index contributed by atoms with van der Waals surface area (Å²) in [6.07, 6.45) is -3.29. The van der Waals surface area contributed by atoms with Crippen molar-refractivity contribution in [1.29, 1.82) is 0 Å². The van der Waals surface area contributed by atoms with E-state index in [1.165, 1.54) is 0 Å². The quantitative estimate of drug-likeness (QED) is 0.601. The van der Waals surface area contributed by atoms with Crippen LogP contribution in [0.3, 0.4) is 0 Å². The van der Waals surface area contributed by atoms with Crippen molar-refractivity contribution in [3.05, 3.63) is 35.0 Å². The third-order valence-corrected chi connectivity index (χ3v) is 1.58. The lowest BCUT2D eigenvalue weighted by Crippen LogP contribution is -2.18. The fourth-order valence-electron chi connectivity index (χ4n) is 0.920. The van der Waals surface area contributed by atoms with Crippen LogP contribution in [0, 0.1) is 0 Å². The number of hydrogen-bond donors (Lipinski definition) is 0. The fraction of sp³-hybridized carbons (Fsp3) is 0.143. The summed E-state index contributed by atoms with van der Waals surface area (Å²) in [5.41, 5.74) is -2.63. The van der Waals surface area contributed by atoms with Crippen molar-refractivity contribution in [3.63, 3.8) is 0 Å². The van der Waals surface area contributed by atoms with Crippen LogP contribution in [0.2, 0.25) is 0 Å². The molecule has 0 radical (unpaired) electrons. The van der Waals surface area contributed by atoms with Crippen molar-refractivity contribution >= 4 is 0 Å². The Kier molecular flexibility index (Phi) is 2.62. The van der Waals surface area contributed by atoms with Crippen LogP contribution in [0.4, 0.5) is 35.1 Å². The van der Waals surface area contributed by atoms with E-state index in [1.54, 1.807) is 0 Å². The van der Waals surface area contributed by atoms with Gasteiger partial charge in [0.25, 0.3) is 0 Å². The third kappa shape index (κ3) is 1.53. The van der Waals surface area contributed by atoms with Crippen LogP contribution in [0.15, 0.2) is 35.0 Å². The maximum Gasteiger partial charge on any atom is 0.332 e. The number of hydrogen-bond acceptors (Lipinski definition) is 0. The standard InChI is InChI=1S/C7F8/c8-2-1(3(9)6(12)13)7(14,15)5(11)4(2)10. The van der Waals surface area contributed by atoms with Crippen LogP contribution in [0.25, 0.3) is 0 Å². The van der Waals surface area contributed by atoms with Crippen molar-refractivity contribution < 1.29 is 35.1 Å². The third-order valence-electron chi connectivity index (χ3n) is 1.58. The molecule has 0 N–H and O–H groups in total. The van der Waals surface area contributed by atoms with Crippen LogP contribution in [0.5, 0.6) is 0 Å². The highest BCUT2D eigenvalue weighted by Crippen LogP contribution is 2.50. The molecule has 0 bridgehead atoms. The zero-order chi connectivity index (χ0) is 12.0. The van der Waals surface area contributed by atoms with Crippen LogP contribution >= 0.6 is 0 Å². The van der Waals surface area contributed by atoms with Crippen LogP contribution in [0.1, 0.15) is 0 Å². The summed E-state index contributed by atoms with van der Waals surface area (Å²) in [6, 6.07) is 0. The van der Waals surface area contributed by atoms with Crippen molar-refractivity contribution in [2.75, 3.05) is 0 Å². The molecule has 0 aromatic heterocycles. The van der Waals surface area contributed by atoms with Crippen molar-refractivity contribution in [2.45, 2.75) is 5.92 Å². The van der Waals surface area contributed by atoms with Crippen LogP contribution in [-0.2, 0) is 0 Å². The predicted molar refractivity (Wildman–Crippen MR) is 32.7 cm³/mol. The maximum absolute atomic E-state index is 12.5. The van der Waals surface area contributed by atoms with Gasteiger partial charge in [0.05, 0.1) is 0 Å². The lowest BCUT2D eigenvalue weighted by atomic mass is 10.1. The van der Waals surface area contributed by atoms with E-state index < -0.39 is 40.9 Å². The maximum atomic E-state index is 12.5. The summed E-state index contributed by atoms with van der Waals surface area (Å²) in [4.78, 5) is 0. The molecule has 0 saturated carbocycles. The summed E-state index contributed by atoms with van der Waals surface area (Å²) in [5, 5.41) is 0. The first-order chi connectivity index (χ1) is 6.71. The Morgan fingerprint density at radius 3 is 1.60 bits per heavy atom. The highest BCUT2D eigenvalue weighted by molar-refractivity contribution is 5.52. The Morgan fingerprint density at radius 2 is 1.33 bits per heavy atom. The van der Waals surface area contributed by atoms with Crippen molar-refractivity contribution in [1.82, 2.24) is 0 Å². The zero-order valence-electron chi connectivity index (χ0n) is 6.52. The summed E-state index contributed by atoms with van der Waals surface area (Å²) in [7, 11) is 0. The van der Waals surface area contributed by atoms with Gasteiger partial charge in [-0.15, -0.1) is 0 Å². The van der Waals surface area contributed by atoms with Gasteiger partial charge in [0, 0.05) is 0 Å². The van der Waals surface area contributed by atoms with Gasteiger partial charge in [-0.3, -0.25) is 0 Å². The average molecular weight is 236 g/mol. The second kappa shape index (κ2) is 3.35. The van der Waals surface area contributed by atoms with Gasteiger partial charge in [0.1, 0.15) is 5.57 Å². The Balaban J connectivity index is 3.43. The average Bonchev–Trinajstić information content (AvgIpc) is 2.27. The summed E-state index contributed by atoms with van der Waals surface area (Å²) >= 11 is 0. The summed E-state index contributed by atoms with van der Waals surface area (Å²) < 4.78 is 97.5. The Morgan fingerprint density at radius 1 is 0.867 bits per heavy atom. The molecule has 0 nitrogen and oxygen atoms in total. The van der Waals surface area contributed by atoms with Crippen molar-refractivity contribution in [2.24, 2.45) is 0 Å². The molecule has 1 rings (SSSR count). The van der Waals surface area contributed by atoms with Gasteiger partial charge in [-0.25, -0.2) is 17.6 Å². The first-order valence-corrected chi connectivity index (χ1v) is 3.26. The molecule has 0 amide bonds. The summed E-state index contributed by atoms with van der Waals surface area (Å²) in [6.45, 7) is 0. The topological polar surface area (TPSA) is 0 Å². The Bertz CT molecular complexity index is 395. The van der Waals surface area contributed by atoms with E-state index in [0.717, 1.165) is 0 Å². The molecule has 0 spiro atoms. The van der Waals surface area contributed by atoms with Gasteiger partial charge in [-0.1, -0.05) is 0 Å². The minimum atomic E-state index is -5.05. The lowest BCUT2D eigenvalue weighted by molar-refractivity contribution is 0.0573. The monoisotopic (exact) mass is 236 g/mol. The smallest absolute Gasteiger partial charge is 0.203 e. The highest BCUT2D eigenvalue weighted by atomic mass is 19.3. The second-order valence-corrected chi connectivity index (χ2v) is 2.47. The van der Waals surface area contributed by atoms with Crippen LogP contribution in [-0.4, -0.2) is 5.92 Å². The molecule has 1 aliphatic carbocycles. The van der Waals surface area contributed by atoms with E-state index >= 15 is 0 Å². The fourth-order valence-corrected chi connectivity index (χ4v) is 0.920. The van der Waals surface area contributed by atoms with Crippen LogP contribution < -0.4 is 0 Å². The van der Waals surface area contributed by atoms with Crippen molar-refractivity contribution in [3.8, 4) is 0 Å². The summed E-state index contributed by atoms with van der Waals surface area (Å²) in [5.74, 6) is -16.3. The number of allylic oxidation sites excluding steroid dienone is 5. The molecular formula is C7F8. The molecule has 0 unspecified atom stereocenters. The normalized spacial score (nSPS) is 20.0. The molecule has 0 aliphatic heterocycles. The molecule has 0 fully saturated rings. The zero-order valence-corrected chi connectivity index (χ0v) is 6.52. The van der Waals surface area contributed by atoms with E-state index in [-0.39, 0.29) is 0 Å². The number of halogens is 8. The van der Waals surface area contributed by atoms with Gasteiger partial charge in [0.15, 0.2) is 11.7 Å². The number of alkyl halides is 2. The first-order valence-electron chi connectivity index (χ1n) is 3.26. The molecule has 0 atom stereocenters. The van der Waals surface area contributed by atoms with E-state index in [0.29, 0.717) is 0 Å². The van der Waals surface area contributed by atoms with E-state index in [4.69, 9.17) is 0 Å². The molecular weight excluding hydrogens is 236 g/mol. The van der Waals surface area contributed by atoms with E-state index in [9.17, 15) is 35.1 Å². The molecule has 1 aliphatic rings. The highest BCUT2D eigenvalue weighted by Gasteiger charge is 2.54. The minimum Gasteiger partial charge on any atom is -0.203 e. The largest absolute Gasteiger partial charge is 0.332 e. The predicted octanol–water partition coefficient (Wildman–Crippen LogP) is 4.09. The van der Waals surface area contributed by atoms with Gasteiger partial charge in [0.2, 0.25) is 11.7 Å². The van der Waals surface area contributed by atoms with Gasteiger partial charge >= 0.3 is 12.0 Å². The molecule has 0 aromatic rings. The first kappa shape index (κ1) is 11.7. The molecule has 15 heavy (non-hydrogen) atoms. The lowest BCUT2D eigenvalue weighted by Gasteiger charge is -2.10. The Labute approximate surface area is 77.2 Å². The number of rotatable bonds is 1. The molecule has 84 valence electrons. The Hall–Kier alpha value is -1.34. The SMILES string of the molecule is FC(F)=C(F)C1=C(F)C(F)=C(F)C1(F)F. The van der Waals surface area contributed by atoms with Gasteiger partial charge < -0.3 is 0 Å².